The Morgan fingerprint density at radius 1 is 1.30 bits per heavy atom. The van der Waals surface area contributed by atoms with Gasteiger partial charge in [0, 0.05) is 10.6 Å². The van der Waals surface area contributed by atoms with Gasteiger partial charge in [0.1, 0.15) is 11.9 Å². The van der Waals surface area contributed by atoms with E-state index in [2.05, 4.69) is 0 Å². The summed E-state index contributed by atoms with van der Waals surface area (Å²) in [5, 5.41) is 8.79. The van der Waals surface area contributed by atoms with Crippen molar-refractivity contribution in [2.75, 3.05) is 5.73 Å². The van der Waals surface area contributed by atoms with Gasteiger partial charge >= 0.3 is 0 Å². The smallest absolute Gasteiger partial charge is 0.140 e. The fourth-order valence-corrected chi connectivity index (χ4v) is 3.18. The van der Waals surface area contributed by atoms with Crippen molar-refractivity contribution in [3.8, 4) is 6.07 Å². The molecule has 0 aliphatic heterocycles. The Morgan fingerprint density at radius 3 is 2.70 bits per heavy atom. The van der Waals surface area contributed by atoms with Crippen LogP contribution in [0.4, 0.5) is 10.1 Å². The lowest BCUT2D eigenvalue weighted by Gasteiger charge is -2.07. The number of hydrogen-bond donors (Lipinski definition) is 1. The molecule has 20 heavy (non-hydrogen) atoms. The molecule has 0 aromatic heterocycles. The highest BCUT2D eigenvalue weighted by Gasteiger charge is 2.10. The maximum Gasteiger partial charge on any atom is 0.140 e. The number of nitrogen functional groups attached to an aromatic ring is 1. The minimum Gasteiger partial charge on any atom is -0.399 e. The number of hydrogen-bond acceptors (Lipinski definition) is 3. The second-order valence-corrected chi connectivity index (χ2v) is 5.86. The average molecular weight is 288 g/mol. The van der Waals surface area contributed by atoms with Gasteiger partial charge in [0.15, 0.2) is 0 Å². The molecule has 0 fully saturated rings. The molecule has 0 saturated heterocycles. The zero-order valence-corrected chi connectivity index (χ0v) is 11.7. The standard InChI is InChI=1S/C15H13FN2OS/c1-10-6-13(18)3-5-15(10)20(19)9-11-2-4-14(16)12(7-11)8-17/h2-7H,9,18H2,1H3. The van der Waals surface area contributed by atoms with Crippen LogP contribution in [0.25, 0.3) is 0 Å². The normalized spacial score (nSPS) is 11.8. The van der Waals surface area contributed by atoms with E-state index < -0.39 is 16.6 Å². The first-order valence-electron chi connectivity index (χ1n) is 5.94. The number of nitriles is 1. The molecule has 0 aliphatic rings. The van der Waals surface area contributed by atoms with Crippen molar-refractivity contribution in [2.45, 2.75) is 17.6 Å². The van der Waals surface area contributed by atoms with Crippen molar-refractivity contribution in [1.82, 2.24) is 0 Å². The Morgan fingerprint density at radius 2 is 2.05 bits per heavy atom. The summed E-state index contributed by atoms with van der Waals surface area (Å²) in [7, 11) is -1.26. The number of aryl methyl sites for hydroxylation is 1. The summed E-state index contributed by atoms with van der Waals surface area (Å²) in [4.78, 5) is 0.696. The number of nitrogens with two attached hydrogens (primary N) is 1. The molecule has 2 aromatic rings. The minimum absolute atomic E-state index is 0.0338. The summed E-state index contributed by atoms with van der Waals surface area (Å²) in [5.74, 6) is -0.328. The van der Waals surface area contributed by atoms with Crippen LogP contribution in [0.5, 0.6) is 0 Å². The Balaban J connectivity index is 2.26. The van der Waals surface area contributed by atoms with E-state index in [4.69, 9.17) is 11.0 Å². The van der Waals surface area contributed by atoms with Gasteiger partial charge in [-0.15, -0.1) is 0 Å². The van der Waals surface area contributed by atoms with E-state index in [1.54, 1.807) is 30.3 Å². The lowest BCUT2D eigenvalue weighted by molar-refractivity contribution is 0.623. The molecule has 0 heterocycles. The van der Waals surface area contributed by atoms with Gasteiger partial charge in [0.05, 0.1) is 22.1 Å². The van der Waals surface area contributed by atoms with Crippen LogP contribution in [0.3, 0.4) is 0 Å². The molecular formula is C15H13FN2OS. The van der Waals surface area contributed by atoms with E-state index in [0.29, 0.717) is 16.1 Å². The predicted octanol–water partition coefficient (Wildman–Crippen LogP) is 2.90. The fourth-order valence-electron chi connectivity index (χ4n) is 1.91. The number of nitrogens with zero attached hydrogens (tertiary/aromatic N) is 1. The van der Waals surface area contributed by atoms with Crippen LogP contribution in [-0.4, -0.2) is 4.21 Å². The zero-order chi connectivity index (χ0) is 14.7. The van der Waals surface area contributed by atoms with Crippen LogP contribution in [0.1, 0.15) is 16.7 Å². The van der Waals surface area contributed by atoms with Gasteiger partial charge in [-0.1, -0.05) is 6.07 Å². The lowest BCUT2D eigenvalue weighted by Crippen LogP contribution is -2.00. The first-order valence-corrected chi connectivity index (χ1v) is 7.26. The first-order chi connectivity index (χ1) is 9.51. The van der Waals surface area contributed by atoms with Crippen molar-refractivity contribution >= 4 is 16.5 Å². The summed E-state index contributed by atoms with van der Waals surface area (Å²) in [6.45, 7) is 1.84. The molecule has 2 rings (SSSR count). The van der Waals surface area contributed by atoms with E-state index in [-0.39, 0.29) is 11.3 Å². The largest absolute Gasteiger partial charge is 0.399 e. The third-order valence-electron chi connectivity index (χ3n) is 2.89. The first kappa shape index (κ1) is 14.2. The number of rotatable bonds is 3. The monoisotopic (exact) mass is 288 g/mol. The summed E-state index contributed by atoms with van der Waals surface area (Å²) in [6.07, 6.45) is 0. The topological polar surface area (TPSA) is 66.9 Å². The van der Waals surface area contributed by atoms with Gasteiger partial charge < -0.3 is 5.73 Å². The van der Waals surface area contributed by atoms with Crippen LogP contribution in [0.15, 0.2) is 41.3 Å². The molecule has 2 N–H and O–H groups in total. The minimum atomic E-state index is -1.26. The molecule has 0 saturated carbocycles. The molecule has 2 aromatic carbocycles. The maximum absolute atomic E-state index is 13.2. The van der Waals surface area contributed by atoms with Gasteiger partial charge in [0.2, 0.25) is 0 Å². The van der Waals surface area contributed by atoms with Gasteiger partial charge in [-0.05, 0) is 48.4 Å². The quantitative estimate of drug-likeness (QED) is 0.883. The number of anilines is 1. The Hall–Kier alpha value is -2.19. The summed E-state index contributed by atoms with van der Waals surface area (Å²) in [6, 6.07) is 11.2. The number of halogens is 1. The van der Waals surface area contributed by atoms with E-state index in [1.807, 2.05) is 6.92 Å². The molecule has 3 nitrogen and oxygen atoms in total. The summed E-state index contributed by atoms with van der Waals surface area (Å²) >= 11 is 0. The van der Waals surface area contributed by atoms with E-state index in [9.17, 15) is 8.60 Å². The van der Waals surface area contributed by atoms with Crippen LogP contribution in [0.2, 0.25) is 0 Å². The third-order valence-corrected chi connectivity index (χ3v) is 4.44. The highest BCUT2D eigenvalue weighted by Crippen LogP contribution is 2.20. The fraction of sp³-hybridized carbons (Fsp3) is 0.133. The van der Waals surface area contributed by atoms with Crippen LogP contribution < -0.4 is 5.73 Å². The molecule has 0 bridgehead atoms. The maximum atomic E-state index is 13.2. The molecular weight excluding hydrogens is 275 g/mol. The molecule has 0 radical (unpaired) electrons. The molecule has 5 heteroatoms. The van der Waals surface area contributed by atoms with Crippen LogP contribution in [0, 0.1) is 24.1 Å². The van der Waals surface area contributed by atoms with Gasteiger partial charge in [-0.3, -0.25) is 4.21 Å². The van der Waals surface area contributed by atoms with Crippen LogP contribution in [-0.2, 0) is 16.6 Å². The molecule has 0 amide bonds. The van der Waals surface area contributed by atoms with Gasteiger partial charge in [-0.2, -0.15) is 5.26 Å². The predicted molar refractivity (Wildman–Crippen MR) is 76.8 cm³/mol. The van der Waals surface area contributed by atoms with Crippen molar-refractivity contribution in [3.05, 3.63) is 58.9 Å². The van der Waals surface area contributed by atoms with E-state index in [1.165, 1.54) is 12.1 Å². The molecule has 1 atom stereocenters. The van der Waals surface area contributed by atoms with Gasteiger partial charge in [-0.25, -0.2) is 4.39 Å². The molecule has 0 aliphatic carbocycles. The zero-order valence-electron chi connectivity index (χ0n) is 10.9. The molecule has 102 valence electrons. The Kier molecular flexibility index (Phi) is 4.16. The summed E-state index contributed by atoms with van der Waals surface area (Å²) < 4.78 is 25.6. The Bertz CT molecular complexity index is 722. The second-order valence-electron chi connectivity index (χ2n) is 4.44. The third kappa shape index (κ3) is 3.03. The van der Waals surface area contributed by atoms with E-state index >= 15 is 0 Å². The highest BCUT2D eigenvalue weighted by molar-refractivity contribution is 7.84. The SMILES string of the molecule is Cc1cc(N)ccc1S(=O)Cc1ccc(F)c(C#N)c1. The number of benzene rings is 2. The van der Waals surface area contributed by atoms with Crippen molar-refractivity contribution in [3.63, 3.8) is 0 Å². The van der Waals surface area contributed by atoms with E-state index in [0.717, 1.165) is 5.56 Å². The average Bonchev–Trinajstić information content (AvgIpc) is 2.40. The summed E-state index contributed by atoms with van der Waals surface area (Å²) in [5.41, 5.74) is 7.76. The Labute approximate surface area is 119 Å². The second kappa shape index (κ2) is 5.85. The molecule has 1 unspecified atom stereocenters. The van der Waals surface area contributed by atoms with Crippen molar-refractivity contribution in [2.24, 2.45) is 0 Å². The van der Waals surface area contributed by atoms with Crippen molar-refractivity contribution in [1.29, 1.82) is 5.26 Å². The highest BCUT2D eigenvalue weighted by atomic mass is 32.2. The molecule has 0 spiro atoms. The lowest BCUT2D eigenvalue weighted by atomic mass is 10.1. The van der Waals surface area contributed by atoms with Gasteiger partial charge in [0.25, 0.3) is 0 Å². The van der Waals surface area contributed by atoms with Crippen molar-refractivity contribution < 1.29 is 8.60 Å². The van der Waals surface area contributed by atoms with Crippen LogP contribution >= 0.6 is 0 Å².